The molecule has 1 saturated heterocycles. The largest absolute Gasteiger partial charge is 0.496 e. The molecule has 1 heterocycles. The maximum absolute atomic E-state index is 12.9. The molecule has 1 aromatic rings. The summed E-state index contributed by atoms with van der Waals surface area (Å²) in [5.41, 5.74) is 6.29. The van der Waals surface area contributed by atoms with Gasteiger partial charge in [0.15, 0.2) is 0 Å². The number of methoxy groups -OCH3 is 2. The average Bonchev–Trinajstić information content (AvgIpc) is 2.53. The number of hydrogen-bond acceptors (Lipinski definition) is 5. The van der Waals surface area contributed by atoms with Crippen LogP contribution in [-0.4, -0.2) is 69.2 Å². The first-order valence-corrected chi connectivity index (χ1v) is 7.03. The van der Waals surface area contributed by atoms with Crippen molar-refractivity contribution in [2.75, 3.05) is 47.4 Å². The molecule has 1 aliphatic heterocycles. The number of nitrogens with zero attached hydrogens (tertiary/aromatic N) is 2. The Bertz CT molecular complexity index is 485. The van der Waals surface area contributed by atoms with Crippen LogP contribution in [0, 0.1) is 0 Å². The molecule has 1 atom stereocenters. The van der Waals surface area contributed by atoms with E-state index in [-0.39, 0.29) is 11.9 Å². The number of piperazine rings is 1. The number of amides is 1. The molecule has 0 aliphatic carbocycles. The number of benzene rings is 1. The summed E-state index contributed by atoms with van der Waals surface area (Å²) in [5.74, 6) is 0.955. The molecular formula is C15H23N3O3. The van der Waals surface area contributed by atoms with E-state index in [1.165, 1.54) is 0 Å². The number of hydrogen-bond donors (Lipinski definition) is 1. The molecule has 0 radical (unpaired) electrons. The number of carbonyl (C=O) groups is 1. The quantitative estimate of drug-likeness (QED) is 0.871. The third kappa shape index (κ3) is 3.11. The van der Waals surface area contributed by atoms with Crippen molar-refractivity contribution in [3.8, 4) is 11.5 Å². The number of likely N-dealkylation sites (N-methyl/N-ethyl adjacent to an activating group) is 1. The minimum atomic E-state index is -0.0900. The van der Waals surface area contributed by atoms with E-state index in [0.717, 1.165) is 13.1 Å². The number of rotatable bonds is 4. The first kappa shape index (κ1) is 15.6. The van der Waals surface area contributed by atoms with Gasteiger partial charge in [-0.2, -0.15) is 0 Å². The summed E-state index contributed by atoms with van der Waals surface area (Å²) < 4.78 is 10.6. The summed E-state index contributed by atoms with van der Waals surface area (Å²) in [5, 5.41) is 0. The molecule has 1 unspecified atom stereocenters. The van der Waals surface area contributed by atoms with Crippen LogP contribution in [-0.2, 0) is 0 Å². The lowest BCUT2D eigenvalue weighted by atomic mass is 10.1. The van der Waals surface area contributed by atoms with Gasteiger partial charge in [-0.05, 0) is 19.2 Å². The van der Waals surface area contributed by atoms with Gasteiger partial charge in [-0.1, -0.05) is 6.07 Å². The van der Waals surface area contributed by atoms with Crippen LogP contribution in [0.1, 0.15) is 10.4 Å². The smallest absolute Gasteiger partial charge is 0.261 e. The van der Waals surface area contributed by atoms with E-state index in [9.17, 15) is 4.79 Å². The van der Waals surface area contributed by atoms with Gasteiger partial charge >= 0.3 is 0 Å². The second-order valence-corrected chi connectivity index (χ2v) is 5.19. The van der Waals surface area contributed by atoms with E-state index >= 15 is 0 Å². The molecule has 6 heteroatoms. The third-order valence-electron chi connectivity index (χ3n) is 3.86. The second kappa shape index (κ2) is 6.78. The maximum Gasteiger partial charge on any atom is 0.261 e. The minimum Gasteiger partial charge on any atom is -0.496 e. The fraction of sp³-hybridized carbons (Fsp3) is 0.533. The van der Waals surface area contributed by atoms with E-state index in [4.69, 9.17) is 15.2 Å². The average molecular weight is 293 g/mol. The van der Waals surface area contributed by atoms with Gasteiger partial charge in [0.25, 0.3) is 5.91 Å². The minimum absolute atomic E-state index is 0.00543. The molecule has 116 valence electrons. The van der Waals surface area contributed by atoms with Crippen LogP contribution in [0.4, 0.5) is 0 Å². The first-order valence-electron chi connectivity index (χ1n) is 7.03. The molecule has 1 aromatic carbocycles. The molecule has 2 rings (SSSR count). The Morgan fingerprint density at radius 2 is 1.90 bits per heavy atom. The van der Waals surface area contributed by atoms with Crippen molar-refractivity contribution in [1.82, 2.24) is 9.80 Å². The Balaban J connectivity index is 2.35. The van der Waals surface area contributed by atoms with Crippen LogP contribution in [0.3, 0.4) is 0 Å². The first-order chi connectivity index (χ1) is 10.1. The zero-order valence-electron chi connectivity index (χ0n) is 12.8. The number of nitrogens with two attached hydrogens (primary N) is 1. The molecule has 21 heavy (non-hydrogen) atoms. The predicted octanol–water partition coefficient (Wildman–Crippen LogP) is 0.419. The van der Waals surface area contributed by atoms with Crippen molar-refractivity contribution >= 4 is 5.91 Å². The van der Waals surface area contributed by atoms with E-state index in [0.29, 0.717) is 30.2 Å². The maximum atomic E-state index is 12.9. The molecule has 0 spiro atoms. The Morgan fingerprint density at radius 3 is 2.43 bits per heavy atom. The van der Waals surface area contributed by atoms with Crippen molar-refractivity contribution in [1.29, 1.82) is 0 Å². The van der Waals surface area contributed by atoms with Gasteiger partial charge in [0.2, 0.25) is 0 Å². The lowest BCUT2D eigenvalue weighted by Crippen LogP contribution is -2.56. The highest BCUT2D eigenvalue weighted by Gasteiger charge is 2.31. The summed E-state index contributed by atoms with van der Waals surface area (Å²) in [7, 11) is 5.14. The highest BCUT2D eigenvalue weighted by Crippen LogP contribution is 2.30. The molecular weight excluding hydrogens is 270 g/mol. The van der Waals surface area contributed by atoms with Crippen molar-refractivity contribution < 1.29 is 14.3 Å². The van der Waals surface area contributed by atoms with Crippen LogP contribution in [0.2, 0.25) is 0 Å². The van der Waals surface area contributed by atoms with Crippen LogP contribution in [0.15, 0.2) is 18.2 Å². The summed E-state index contributed by atoms with van der Waals surface area (Å²) in [6, 6.07) is 5.34. The summed E-state index contributed by atoms with van der Waals surface area (Å²) in [4.78, 5) is 16.9. The zero-order chi connectivity index (χ0) is 15.4. The second-order valence-electron chi connectivity index (χ2n) is 5.19. The molecule has 0 aromatic heterocycles. The van der Waals surface area contributed by atoms with E-state index in [1.807, 2.05) is 11.9 Å². The van der Waals surface area contributed by atoms with Crippen LogP contribution in [0.5, 0.6) is 11.5 Å². The highest BCUT2D eigenvalue weighted by atomic mass is 16.5. The van der Waals surface area contributed by atoms with E-state index in [1.54, 1.807) is 32.4 Å². The van der Waals surface area contributed by atoms with Gasteiger partial charge in [-0.3, -0.25) is 4.79 Å². The topological polar surface area (TPSA) is 68.0 Å². The molecule has 6 nitrogen and oxygen atoms in total. The summed E-state index contributed by atoms with van der Waals surface area (Å²) in [6.07, 6.45) is 0. The van der Waals surface area contributed by atoms with Gasteiger partial charge < -0.3 is 25.0 Å². The van der Waals surface area contributed by atoms with Crippen molar-refractivity contribution in [2.24, 2.45) is 5.73 Å². The molecule has 1 amide bonds. The molecule has 1 fully saturated rings. The van der Waals surface area contributed by atoms with Crippen molar-refractivity contribution in [2.45, 2.75) is 6.04 Å². The highest BCUT2D eigenvalue weighted by molar-refractivity contribution is 6.00. The van der Waals surface area contributed by atoms with Gasteiger partial charge in [-0.25, -0.2) is 0 Å². The van der Waals surface area contributed by atoms with E-state index in [2.05, 4.69) is 4.90 Å². The van der Waals surface area contributed by atoms with Crippen LogP contribution in [0.25, 0.3) is 0 Å². The standard InChI is InChI=1S/C15H23N3O3/c1-17-7-8-18(11(9-16)10-17)15(19)14-12(20-2)5-4-6-13(14)21-3/h4-6,11H,7-10,16H2,1-3H3. The Labute approximate surface area is 125 Å². The molecule has 0 bridgehead atoms. The summed E-state index contributed by atoms with van der Waals surface area (Å²) in [6.45, 7) is 2.70. The fourth-order valence-electron chi connectivity index (χ4n) is 2.69. The lowest BCUT2D eigenvalue weighted by molar-refractivity contribution is 0.0509. The van der Waals surface area contributed by atoms with Gasteiger partial charge in [0, 0.05) is 26.2 Å². The summed E-state index contributed by atoms with van der Waals surface area (Å²) >= 11 is 0. The monoisotopic (exact) mass is 293 g/mol. The Kier molecular flexibility index (Phi) is 5.03. The van der Waals surface area contributed by atoms with Gasteiger partial charge in [0.05, 0.1) is 20.3 Å². The molecule has 1 aliphatic rings. The van der Waals surface area contributed by atoms with Crippen molar-refractivity contribution in [3.63, 3.8) is 0 Å². The van der Waals surface area contributed by atoms with Crippen molar-refractivity contribution in [3.05, 3.63) is 23.8 Å². The molecule has 0 saturated carbocycles. The number of carbonyl (C=O) groups excluding carboxylic acids is 1. The number of ether oxygens (including phenoxy) is 2. The SMILES string of the molecule is COc1cccc(OC)c1C(=O)N1CCN(C)CC1CN. The third-order valence-corrected chi connectivity index (χ3v) is 3.86. The van der Waals surface area contributed by atoms with Crippen LogP contribution < -0.4 is 15.2 Å². The molecule has 2 N–H and O–H groups in total. The normalized spacial score (nSPS) is 19.4. The van der Waals surface area contributed by atoms with E-state index < -0.39 is 0 Å². The predicted molar refractivity (Wildman–Crippen MR) is 80.9 cm³/mol. The Morgan fingerprint density at radius 1 is 1.29 bits per heavy atom. The fourth-order valence-corrected chi connectivity index (χ4v) is 2.69. The van der Waals surface area contributed by atoms with Crippen LogP contribution >= 0.6 is 0 Å². The lowest BCUT2D eigenvalue weighted by Gasteiger charge is -2.39. The zero-order valence-corrected chi connectivity index (χ0v) is 12.8. The Hall–Kier alpha value is -1.79. The van der Waals surface area contributed by atoms with Gasteiger partial charge in [0.1, 0.15) is 17.1 Å². The van der Waals surface area contributed by atoms with Gasteiger partial charge in [-0.15, -0.1) is 0 Å².